The summed E-state index contributed by atoms with van der Waals surface area (Å²) in [6.07, 6.45) is 13.1. The third kappa shape index (κ3) is 5.80. The minimum absolute atomic E-state index is 0.468. The van der Waals surface area contributed by atoms with E-state index in [0.717, 1.165) is 42.1 Å². The lowest BCUT2D eigenvalue weighted by atomic mass is 9.72. The first-order valence-corrected chi connectivity index (χ1v) is 15.9. The molecule has 4 aromatic rings. The summed E-state index contributed by atoms with van der Waals surface area (Å²) in [6.45, 7) is 4.53. The van der Waals surface area contributed by atoms with Crippen LogP contribution in [0.5, 0.6) is 0 Å². The zero-order chi connectivity index (χ0) is 28.3. The van der Waals surface area contributed by atoms with Crippen LogP contribution in [0.1, 0.15) is 68.1 Å². The zero-order valence-electron chi connectivity index (χ0n) is 24.4. The van der Waals surface area contributed by atoms with E-state index in [1.54, 1.807) is 12.1 Å². The largest absolute Gasteiger partial charge is 0.369 e. The number of rotatable bonds is 6. The fourth-order valence-electron chi connectivity index (χ4n) is 7.60. The molecule has 0 atom stereocenters. The number of hydrogen-bond acceptors (Lipinski definition) is 6. The van der Waals surface area contributed by atoms with Crippen molar-refractivity contribution in [2.45, 2.75) is 63.8 Å². The molecule has 3 aromatic carbocycles. The van der Waals surface area contributed by atoms with Crippen LogP contribution in [0.2, 0.25) is 0 Å². The predicted octanol–water partition coefficient (Wildman–Crippen LogP) is 6.63. The molecule has 1 aliphatic heterocycles. The molecule has 7 rings (SSSR count). The number of hydrogen-bond donors (Lipinski definition) is 0. The van der Waals surface area contributed by atoms with Gasteiger partial charge in [-0.1, -0.05) is 73.3 Å². The first-order valence-electron chi connectivity index (χ1n) is 15.9. The Labute approximate surface area is 248 Å². The van der Waals surface area contributed by atoms with Gasteiger partial charge in [-0.3, -0.25) is 4.90 Å². The lowest BCUT2D eigenvalue weighted by molar-refractivity contribution is 0.0409. The molecule has 7 heteroatoms. The molecule has 1 saturated heterocycles. The van der Waals surface area contributed by atoms with Gasteiger partial charge in [-0.15, -0.1) is 5.10 Å². The number of piperazine rings is 1. The minimum Gasteiger partial charge on any atom is -0.369 e. The summed E-state index contributed by atoms with van der Waals surface area (Å²) in [5.41, 5.74) is 5.29. The van der Waals surface area contributed by atoms with Crippen molar-refractivity contribution >= 4 is 22.7 Å². The number of benzene rings is 3. The number of anilines is 1. The third-order valence-corrected chi connectivity index (χ3v) is 10.1. The number of nitrogens with zero attached hydrogens (tertiary/aromatic N) is 5. The first-order chi connectivity index (χ1) is 20.7. The molecule has 0 spiro atoms. The Morgan fingerprint density at radius 1 is 0.690 bits per heavy atom. The molecule has 3 fully saturated rings. The van der Waals surface area contributed by atoms with E-state index in [1.165, 1.54) is 81.4 Å². The van der Waals surface area contributed by atoms with Gasteiger partial charge in [0.1, 0.15) is 11.0 Å². The van der Waals surface area contributed by atoms with Crippen LogP contribution in [0.4, 0.5) is 5.69 Å². The van der Waals surface area contributed by atoms with E-state index in [2.05, 4.69) is 44.4 Å². The molecule has 1 aromatic heterocycles. The van der Waals surface area contributed by atoms with Crippen molar-refractivity contribution in [3.8, 4) is 11.1 Å². The summed E-state index contributed by atoms with van der Waals surface area (Å²) in [7, 11) is 0. The van der Waals surface area contributed by atoms with Crippen molar-refractivity contribution in [3.05, 3.63) is 78.4 Å². The average molecular weight is 564 g/mol. The monoisotopic (exact) mass is 563 g/mol. The molecule has 0 bridgehead atoms. The van der Waals surface area contributed by atoms with Gasteiger partial charge < -0.3 is 9.74 Å². The van der Waals surface area contributed by atoms with Gasteiger partial charge in [0.25, 0.3) is 0 Å². The van der Waals surface area contributed by atoms with Crippen molar-refractivity contribution < 1.29 is 9.63 Å². The number of aromatic nitrogens is 3. The van der Waals surface area contributed by atoms with Crippen molar-refractivity contribution in [1.82, 2.24) is 20.1 Å². The normalized spacial score (nSPS) is 22.3. The molecule has 0 radical (unpaired) electrons. The average Bonchev–Trinajstić information content (AvgIpc) is 3.48. The second kappa shape index (κ2) is 12.3. The molecule has 42 heavy (non-hydrogen) atoms. The molecule has 3 aliphatic rings. The van der Waals surface area contributed by atoms with Crippen molar-refractivity contribution in [1.29, 1.82) is 0 Å². The quantitative estimate of drug-likeness (QED) is 0.246. The highest BCUT2D eigenvalue weighted by molar-refractivity contribution is 5.90. The highest BCUT2D eigenvalue weighted by Crippen LogP contribution is 2.39. The van der Waals surface area contributed by atoms with E-state index in [0.29, 0.717) is 16.6 Å². The van der Waals surface area contributed by atoms with Crippen LogP contribution in [-0.2, 0) is 0 Å². The number of carbonyl (C=O) groups is 1. The summed E-state index contributed by atoms with van der Waals surface area (Å²) in [5.74, 6) is 1.57. The van der Waals surface area contributed by atoms with Crippen molar-refractivity contribution in [2.75, 3.05) is 31.1 Å². The summed E-state index contributed by atoms with van der Waals surface area (Å²) in [5, 5.41) is 7.97. The van der Waals surface area contributed by atoms with Crippen LogP contribution in [-0.4, -0.2) is 58.2 Å². The summed E-state index contributed by atoms with van der Waals surface area (Å²) in [4.78, 5) is 24.6. The number of carbonyl (C=O) groups excluding carboxylic acids is 1. The Bertz CT molecular complexity index is 1480. The Balaban J connectivity index is 0.907. The van der Waals surface area contributed by atoms with Crippen LogP contribution in [0.25, 0.3) is 22.2 Å². The van der Waals surface area contributed by atoms with Crippen LogP contribution in [0.15, 0.2) is 72.8 Å². The molecule has 0 N–H and O–H groups in total. The third-order valence-electron chi connectivity index (χ3n) is 10.1. The molecule has 2 saturated carbocycles. The van der Waals surface area contributed by atoms with E-state index >= 15 is 0 Å². The van der Waals surface area contributed by atoms with Gasteiger partial charge in [0.15, 0.2) is 0 Å². The van der Waals surface area contributed by atoms with Gasteiger partial charge in [0.05, 0.1) is 5.56 Å². The highest BCUT2D eigenvalue weighted by atomic mass is 16.7. The van der Waals surface area contributed by atoms with Crippen LogP contribution in [0, 0.1) is 11.8 Å². The lowest BCUT2D eigenvalue weighted by Crippen LogP contribution is -2.51. The van der Waals surface area contributed by atoms with E-state index in [-0.39, 0.29) is 0 Å². The van der Waals surface area contributed by atoms with Crippen LogP contribution >= 0.6 is 0 Å². The fourth-order valence-corrected chi connectivity index (χ4v) is 7.60. The van der Waals surface area contributed by atoms with Gasteiger partial charge in [-0.05, 0) is 90.3 Å². The molecule has 2 heterocycles. The minimum atomic E-state index is -0.469. The molecule has 0 unspecified atom stereocenters. The maximum Gasteiger partial charge on any atom is 0.365 e. The van der Waals surface area contributed by atoms with Gasteiger partial charge in [0.2, 0.25) is 0 Å². The summed E-state index contributed by atoms with van der Waals surface area (Å²) >= 11 is 0. The molecule has 2 aliphatic carbocycles. The number of fused-ring (bicyclic) bond motifs is 1. The van der Waals surface area contributed by atoms with E-state index in [4.69, 9.17) is 4.84 Å². The van der Waals surface area contributed by atoms with Gasteiger partial charge in [0, 0.05) is 37.9 Å². The summed E-state index contributed by atoms with van der Waals surface area (Å²) in [6, 6.07) is 24.5. The Hall–Kier alpha value is -3.71. The number of para-hydroxylation sites is 1. The zero-order valence-corrected chi connectivity index (χ0v) is 24.4. The molecule has 7 nitrogen and oxygen atoms in total. The molecular formula is C35H41N5O2. The van der Waals surface area contributed by atoms with Gasteiger partial charge >= 0.3 is 5.97 Å². The van der Waals surface area contributed by atoms with Crippen LogP contribution in [0.3, 0.4) is 0 Å². The molecule has 218 valence electrons. The van der Waals surface area contributed by atoms with Gasteiger partial charge in [-0.25, -0.2) is 4.79 Å². The molecular weight excluding hydrogens is 522 g/mol. The van der Waals surface area contributed by atoms with E-state index in [1.807, 2.05) is 36.4 Å². The van der Waals surface area contributed by atoms with Gasteiger partial charge in [-0.2, -0.15) is 0 Å². The topological polar surface area (TPSA) is 63.5 Å². The van der Waals surface area contributed by atoms with Crippen molar-refractivity contribution in [2.24, 2.45) is 11.8 Å². The lowest BCUT2D eigenvalue weighted by Gasteiger charge is -2.44. The smallest absolute Gasteiger partial charge is 0.365 e. The Kier molecular flexibility index (Phi) is 7.92. The SMILES string of the molecule is O=C(On1nnc2ccccc21)c1ccc(-c2ccc(N3CCN([C@H]4CC[C@H](C5CCCCC5)CC4)CC3)cc2)cc1. The maximum atomic E-state index is 12.7. The molecule has 0 amide bonds. The fraction of sp³-hybridized carbons (Fsp3) is 0.457. The second-order valence-corrected chi connectivity index (χ2v) is 12.4. The van der Waals surface area contributed by atoms with E-state index < -0.39 is 5.97 Å². The Morgan fingerprint density at radius 3 is 2.05 bits per heavy atom. The summed E-state index contributed by atoms with van der Waals surface area (Å²) < 4.78 is 0. The van der Waals surface area contributed by atoms with E-state index in [9.17, 15) is 4.79 Å². The highest BCUT2D eigenvalue weighted by Gasteiger charge is 2.32. The Morgan fingerprint density at radius 2 is 1.33 bits per heavy atom. The second-order valence-electron chi connectivity index (χ2n) is 12.4. The first kappa shape index (κ1) is 27.1. The van der Waals surface area contributed by atoms with Crippen molar-refractivity contribution in [3.63, 3.8) is 0 Å². The van der Waals surface area contributed by atoms with Crippen LogP contribution < -0.4 is 9.74 Å². The standard InChI is InChI=1S/C35H41N5O2/c41-35(42-40-34-9-5-4-8-33(34)36-37-40)30-12-10-27(11-13-30)29-16-20-32(21-17-29)39-24-22-38(23-25-39)31-18-14-28(15-19-31)26-6-2-1-3-7-26/h4-5,8-13,16-17,20-21,26,28,31H,1-3,6-7,14-15,18-19,22-25H2/t28-,31-. The maximum absolute atomic E-state index is 12.7. The predicted molar refractivity (Wildman–Crippen MR) is 166 cm³/mol.